The van der Waals surface area contributed by atoms with Gasteiger partial charge in [-0.2, -0.15) is 0 Å². The first-order valence-electron chi connectivity index (χ1n) is 4.17. The lowest BCUT2D eigenvalue weighted by Crippen LogP contribution is -2.26. The number of rotatable bonds is 0. The van der Waals surface area contributed by atoms with Crippen molar-refractivity contribution in [2.45, 2.75) is 37.9 Å². The Morgan fingerprint density at radius 1 is 1.20 bits per heavy atom. The molecule has 1 N–H and O–H groups in total. The summed E-state index contributed by atoms with van der Waals surface area (Å²) in [5, 5.41) is 9.40. The number of aliphatic hydroxyl groups is 1. The molecule has 2 aliphatic rings. The minimum absolute atomic E-state index is 0.162. The number of fused-ring (bicyclic) bond motifs is 1. The van der Waals surface area contributed by atoms with Crippen molar-refractivity contribution in [3.63, 3.8) is 0 Å². The summed E-state index contributed by atoms with van der Waals surface area (Å²) in [5.41, 5.74) is 0. The van der Waals surface area contributed by atoms with Crippen molar-refractivity contribution in [2.75, 3.05) is 6.61 Å². The monoisotopic (exact) mass is 142 g/mol. The Morgan fingerprint density at radius 3 is 2.80 bits per heavy atom. The molecule has 1 saturated heterocycles. The predicted octanol–water partition coefficient (Wildman–Crippen LogP) is 0.936. The zero-order valence-corrected chi connectivity index (χ0v) is 6.12. The van der Waals surface area contributed by atoms with Gasteiger partial charge in [0, 0.05) is 5.92 Å². The van der Waals surface area contributed by atoms with E-state index in [4.69, 9.17) is 4.74 Å². The van der Waals surface area contributed by atoms with Crippen LogP contribution < -0.4 is 0 Å². The Bertz CT molecular complexity index is 122. The van der Waals surface area contributed by atoms with E-state index in [-0.39, 0.29) is 6.10 Å². The van der Waals surface area contributed by atoms with Gasteiger partial charge in [-0.3, -0.25) is 0 Å². The highest BCUT2D eigenvalue weighted by molar-refractivity contribution is 4.86. The molecule has 58 valence electrons. The molecule has 1 aliphatic heterocycles. The number of aliphatic hydroxyl groups excluding tert-OH is 1. The van der Waals surface area contributed by atoms with E-state index in [1.807, 2.05) is 0 Å². The van der Waals surface area contributed by atoms with E-state index >= 15 is 0 Å². The largest absolute Gasteiger partial charge is 0.390 e. The lowest BCUT2D eigenvalue weighted by Gasteiger charge is -2.24. The van der Waals surface area contributed by atoms with E-state index in [2.05, 4.69) is 0 Å². The van der Waals surface area contributed by atoms with Crippen molar-refractivity contribution in [3.8, 4) is 0 Å². The number of hydrogen-bond acceptors (Lipinski definition) is 2. The summed E-state index contributed by atoms with van der Waals surface area (Å²) in [7, 11) is 0. The molecule has 1 aliphatic carbocycles. The molecule has 2 nitrogen and oxygen atoms in total. The molecule has 0 aromatic heterocycles. The highest BCUT2D eigenvalue weighted by Crippen LogP contribution is 2.33. The van der Waals surface area contributed by atoms with Gasteiger partial charge in [0.05, 0.1) is 18.8 Å². The molecule has 1 saturated carbocycles. The third-order valence-electron chi connectivity index (χ3n) is 2.73. The van der Waals surface area contributed by atoms with Crippen LogP contribution in [0.2, 0.25) is 0 Å². The van der Waals surface area contributed by atoms with Gasteiger partial charge >= 0.3 is 0 Å². The van der Waals surface area contributed by atoms with Gasteiger partial charge in [-0.05, 0) is 12.8 Å². The normalized spacial score (nSPS) is 47.1. The van der Waals surface area contributed by atoms with E-state index < -0.39 is 0 Å². The van der Waals surface area contributed by atoms with Crippen LogP contribution in [0.5, 0.6) is 0 Å². The van der Waals surface area contributed by atoms with E-state index in [9.17, 15) is 5.11 Å². The summed E-state index contributed by atoms with van der Waals surface area (Å²) in [6.45, 7) is 0.579. The van der Waals surface area contributed by atoms with Gasteiger partial charge in [0.2, 0.25) is 0 Å². The van der Waals surface area contributed by atoms with Crippen LogP contribution in [0.15, 0.2) is 0 Å². The Hall–Kier alpha value is -0.0800. The van der Waals surface area contributed by atoms with E-state index in [1.54, 1.807) is 0 Å². The SMILES string of the molecule is O[C@@H]1CO[C@@H]2CCCC[C@H]12. The summed E-state index contributed by atoms with van der Waals surface area (Å²) < 4.78 is 5.42. The molecule has 1 heterocycles. The zero-order chi connectivity index (χ0) is 6.97. The average molecular weight is 142 g/mol. The first-order chi connectivity index (χ1) is 4.88. The molecule has 0 aromatic rings. The van der Waals surface area contributed by atoms with Crippen LogP contribution in [-0.4, -0.2) is 23.9 Å². The van der Waals surface area contributed by atoms with Gasteiger partial charge in [0.1, 0.15) is 0 Å². The number of hydrogen-bond donors (Lipinski definition) is 1. The van der Waals surface area contributed by atoms with Crippen LogP contribution in [0.4, 0.5) is 0 Å². The number of ether oxygens (including phenoxy) is 1. The minimum atomic E-state index is -0.162. The van der Waals surface area contributed by atoms with E-state index in [0.717, 1.165) is 0 Å². The molecule has 3 atom stereocenters. The molecule has 0 bridgehead atoms. The first-order valence-corrected chi connectivity index (χ1v) is 4.17. The zero-order valence-electron chi connectivity index (χ0n) is 6.12. The first kappa shape index (κ1) is 6.62. The van der Waals surface area contributed by atoms with Crippen molar-refractivity contribution >= 4 is 0 Å². The molecule has 0 unspecified atom stereocenters. The minimum Gasteiger partial charge on any atom is -0.390 e. The Morgan fingerprint density at radius 2 is 2.00 bits per heavy atom. The fraction of sp³-hybridized carbons (Fsp3) is 1.00. The van der Waals surface area contributed by atoms with Gasteiger partial charge in [0.15, 0.2) is 0 Å². The second-order valence-electron chi connectivity index (χ2n) is 3.39. The highest BCUT2D eigenvalue weighted by Gasteiger charge is 2.37. The van der Waals surface area contributed by atoms with Crippen LogP contribution in [0.3, 0.4) is 0 Å². The third-order valence-corrected chi connectivity index (χ3v) is 2.73. The molecule has 10 heavy (non-hydrogen) atoms. The summed E-state index contributed by atoms with van der Waals surface area (Å²) >= 11 is 0. The fourth-order valence-corrected chi connectivity index (χ4v) is 2.12. The van der Waals surface area contributed by atoms with Gasteiger partial charge in [-0.25, -0.2) is 0 Å². The molecule has 0 amide bonds. The second kappa shape index (κ2) is 2.51. The van der Waals surface area contributed by atoms with Gasteiger partial charge in [-0.1, -0.05) is 12.8 Å². The van der Waals surface area contributed by atoms with Crippen molar-refractivity contribution in [1.29, 1.82) is 0 Å². The maximum atomic E-state index is 9.40. The summed E-state index contributed by atoms with van der Waals surface area (Å²) in [6.07, 6.45) is 5.14. The lowest BCUT2D eigenvalue weighted by molar-refractivity contribution is 0.0662. The van der Waals surface area contributed by atoms with Crippen LogP contribution in [-0.2, 0) is 4.74 Å². The maximum Gasteiger partial charge on any atom is 0.0826 e. The predicted molar refractivity (Wildman–Crippen MR) is 37.7 cm³/mol. The lowest BCUT2D eigenvalue weighted by atomic mass is 9.85. The van der Waals surface area contributed by atoms with Gasteiger partial charge < -0.3 is 9.84 Å². The average Bonchev–Trinajstić information content (AvgIpc) is 2.34. The maximum absolute atomic E-state index is 9.40. The molecular weight excluding hydrogens is 128 g/mol. The van der Waals surface area contributed by atoms with Crippen LogP contribution >= 0.6 is 0 Å². The molecule has 2 heteroatoms. The van der Waals surface area contributed by atoms with E-state index in [0.29, 0.717) is 18.6 Å². The third kappa shape index (κ3) is 0.956. The Kier molecular flexibility index (Phi) is 1.66. The molecule has 2 fully saturated rings. The topological polar surface area (TPSA) is 29.5 Å². The van der Waals surface area contributed by atoms with Gasteiger partial charge in [0.25, 0.3) is 0 Å². The van der Waals surface area contributed by atoms with Crippen molar-refractivity contribution in [3.05, 3.63) is 0 Å². The standard InChI is InChI=1S/C8H14O2/c9-7-5-10-8-4-2-1-3-6(7)8/h6-9H,1-5H2/t6-,7-,8-/m1/s1. The quantitative estimate of drug-likeness (QED) is 0.545. The second-order valence-corrected chi connectivity index (χ2v) is 3.39. The molecule has 0 aromatic carbocycles. The van der Waals surface area contributed by atoms with Crippen LogP contribution in [0.25, 0.3) is 0 Å². The van der Waals surface area contributed by atoms with E-state index in [1.165, 1.54) is 25.7 Å². The molecule has 0 spiro atoms. The fourth-order valence-electron chi connectivity index (χ4n) is 2.12. The van der Waals surface area contributed by atoms with Crippen LogP contribution in [0.1, 0.15) is 25.7 Å². The Balaban J connectivity index is 2.01. The summed E-state index contributed by atoms with van der Waals surface area (Å²) in [4.78, 5) is 0. The smallest absolute Gasteiger partial charge is 0.0826 e. The van der Waals surface area contributed by atoms with Crippen molar-refractivity contribution < 1.29 is 9.84 Å². The van der Waals surface area contributed by atoms with Gasteiger partial charge in [-0.15, -0.1) is 0 Å². The summed E-state index contributed by atoms with van der Waals surface area (Å²) in [6, 6.07) is 0. The molecular formula is C8H14O2. The molecule has 0 radical (unpaired) electrons. The van der Waals surface area contributed by atoms with Crippen molar-refractivity contribution in [2.24, 2.45) is 5.92 Å². The van der Waals surface area contributed by atoms with Crippen LogP contribution in [0, 0.1) is 5.92 Å². The Labute approximate surface area is 61.2 Å². The van der Waals surface area contributed by atoms with Crippen molar-refractivity contribution in [1.82, 2.24) is 0 Å². The highest BCUT2D eigenvalue weighted by atomic mass is 16.5. The molecule has 2 rings (SSSR count). The summed E-state index contributed by atoms with van der Waals surface area (Å²) in [5.74, 6) is 0.466.